The largest absolute Gasteiger partial charge is 0.465 e. The first kappa shape index (κ1) is 16.8. The molecule has 2 aromatic rings. The Kier molecular flexibility index (Phi) is 5.36. The maximum atomic E-state index is 12.5. The van der Waals surface area contributed by atoms with Crippen LogP contribution in [0.1, 0.15) is 42.9 Å². The Morgan fingerprint density at radius 1 is 1.21 bits per heavy atom. The van der Waals surface area contributed by atoms with Gasteiger partial charge in [-0.25, -0.2) is 0 Å². The number of amides is 1. The van der Waals surface area contributed by atoms with E-state index in [9.17, 15) is 4.79 Å². The lowest BCUT2D eigenvalue weighted by atomic mass is 9.95. The Morgan fingerprint density at radius 3 is 2.54 bits per heavy atom. The van der Waals surface area contributed by atoms with Gasteiger partial charge in [-0.05, 0) is 57.5 Å². The lowest BCUT2D eigenvalue weighted by Gasteiger charge is -2.31. The molecule has 0 radical (unpaired) electrons. The van der Waals surface area contributed by atoms with E-state index in [2.05, 4.69) is 22.3 Å². The van der Waals surface area contributed by atoms with E-state index in [4.69, 9.17) is 4.42 Å². The predicted molar refractivity (Wildman–Crippen MR) is 94.4 cm³/mol. The first-order valence-corrected chi connectivity index (χ1v) is 8.75. The third kappa shape index (κ3) is 4.26. The molecule has 1 aliphatic heterocycles. The van der Waals surface area contributed by atoms with Gasteiger partial charge in [-0.1, -0.05) is 30.3 Å². The van der Waals surface area contributed by atoms with Gasteiger partial charge in [-0.3, -0.25) is 9.69 Å². The van der Waals surface area contributed by atoms with Crippen molar-refractivity contribution in [1.82, 2.24) is 10.2 Å². The second-order valence-corrected chi connectivity index (χ2v) is 6.70. The number of carbonyl (C=O) groups is 1. The number of nitrogens with one attached hydrogen (secondary N) is 1. The number of furan rings is 1. The predicted octanol–water partition coefficient (Wildman–Crippen LogP) is 3.68. The van der Waals surface area contributed by atoms with E-state index in [1.165, 1.54) is 0 Å². The second-order valence-electron chi connectivity index (χ2n) is 6.70. The summed E-state index contributed by atoms with van der Waals surface area (Å²) in [5.74, 6) is 2.26. The van der Waals surface area contributed by atoms with Crippen molar-refractivity contribution in [2.24, 2.45) is 5.92 Å². The van der Waals surface area contributed by atoms with Crippen molar-refractivity contribution in [3.8, 4) is 0 Å². The Bertz CT molecular complexity index is 657. The van der Waals surface area contributed by atoms with Gasteiger partial charge in [-0.15, -0.1) is 0 Å². The lowest BCUT2D eigenvalue weighted by molar-refractivity contribution is -0.127. The van der Waals surface area contributed by atoms with E-state index < -0.39 is 0 Å². The third-order valence-electron chi connectivity index (χ3n) is 4.79. The van der Waals surface area contributed by atoms with Crippen LogP contribution >= 0.6 is 0 Å². The van der Waals surface area contributed by atoms with Gasteiger partial charge in [0.25, 0.3) is 0 Å². The van der Waals surface area contributed by atoms with Crippen molar-refractivity contribution in [2.45, 2.75) is 39.3 Å². The fourth-order valence-electron chi connectivity index (χ4n) is 3.30. The van der Waals surface area contributed by atoms with E-state index in [1.807, 2.05) is 44.2 Å². The van der Waals surface area contributed by atoms with Gasteiger partial charge in [-0.2, -0.15) is 0 Å². The highest BCUT2D eigenvalue weighted by molar-refractivity contribution is 5.79. The van der Waals surface area contributed by atoms with Crippen LogP contribution in [-0.4, -0.2) is 23.9 Å². The average molecular weight is 326 g/mol. The number of aryl methyl sites for hydroxylation is 1. The number of rotatable bonds is 5. The minimum atomic E-state index is 0.0582. The third-order valence-corrected chi connectivity index (χ3v) is 4.79. The van der Waals surface area contributed by atoms with Crippen LogP contribution in [0.15, 0.2) is 46.9 Å². The van der Waals surface area contributed by atoms with E-state index >= 15 is 0 Å². The molecule has 1 saturated heterocycles. The number of likely N-dealkylation sites (tertiary alicyclic amines) is 1. The molecular weight excluding hydrogens is 300 g/mol. The topological polar surface area (TPSA) is 45.5 Å². The molecule has 0 saturated carbocycles. The van der Waals surface area contributed by atoms with Crippen LogP contribution in [0, 0.1) is 12.8 Å². The van der Waals surface area contributed by atoms with Crippen LogP contribution in [-0.2, 0) is 11.3 Å². The van der Waals surface area contributed by atoms with Crippen molar-refractivity contribution in [3.63, 3.8) is 0 Å². The molecule has 1 aromatic heterocycles. The molecule has 4 heteroatoms. The fourth-order valence-corrected chi connectivity index (χ4v) is 3.30. The number of nitrogens with zero attached hydrogens (tertiary/aromatic N) is 1. The zero-order chi connectivity index (χ0) is 16.9. The summed E-state index contributed by atoms with van der Waals surface area (Å²) in [4.78, 5) is 14.9. The molecule has 1 fully saturated rings. The van der Waals surface area contributed by atoms with Crippen molar-refractivity contribution in [1.29, 1.82) is 0 Å². The highest BCUT2D eigenvalue weighted by Crippen LogP contribution is 2.21. The van der Waals surface area contributed by atoms with Crippen LogP contribution in [0.3, 0.4) is 0 Å². The maximum absolute atomic E-state index is 12.5. The lowest BCUT2D eigenvalue weighted by Crippen LogP contribution is -2.40. The van der Waals surface area contributed by atoms with Crippen LogP contribution in [0.2, 0.25) is 0 Å². The Hall–Kier alpha value is -2.07. The van der Waals surface area contributed by atoms with E-state index in [1.54, 1.807) is 0 Å². The molecule has 0 unspecified atom stereocenters. The molecular formula is C20H26N2O2. The summed E-state index contributed by atoms with van der Waals surface area (Å²) in [5.41, 5.74) is 1.15. The van der Waals surface area contributed by atoms with Crippen molar-refractivity contribution < 1.29 is 9.21 Å². The minimum absolute atomic E-state index is 0.0582. The highest BCUT2D eigenvalue weighted by Gasteiger charge is 2.26. The molecule has 128 valence electrons. The van der Waals surface area contributed by atoms with E-state index in [-0.39, 0.29) is 17.9 Å². The van der Waals surface area contributed by atoms with Gasteiger partial charge < -0.3 is 9.73 Å². The van der Waals surface area contributed by atoms with Gasteiger partial charge in [0.15, 0.2) is 0 Å². The second kappa shape index (κ2) is 7.67. The van der Waals surface area contributed by atoms with Gasteiger partial charge in [0.05, 0.1) is 12.6 Å². The zero-order valence-corrected chi connectivity index (χ0v) is 14.5. The van der Waals surface area contributed by atoms with E-state index in [0.29, 0.717) is 0 Å². The first-order valence-electron chi connectivity index (χ1n) is 8.75. The highest BCUT2D eigenvalue weighted by atomic mass is 16.3. The molecule has 2 heterocycles. The zero-order valence-electron chi connectivity index (χ0n) is 14.5. The maximum Gasteiger partial charge on any atom is 0.223 e. The molecule has 1 aliphatic rings. The van der Waals surface area contributed by atoms with Gasteiger partial charge in [0.2, 0.25) is 5.91 Å². The molecule has 1 N–H and O–H groups in total. The van der Waals surface area contributed by atoms with Crippen molar-refractivity contribution in [2.75, 3.05) is 13.1 Å². The summed E-state index contributed by atoms with van der Waals surface area (Å²) in [6, 6.07) is 14.2. The van der Waals surface area contributed by atoms with Crippen molar-refractivity contribution in [3.05, 3.63) is 59.5 Å². The van der Waals surface area contributed by atoms with E-state index in [0.717, 1.165) is 49.6 Å². The van der Waals surface area contributed by atoms with Gasteiger partial charge in [0, 0.05) is 5.92 Å². The number of piperidine rings is 1. The minimum Gasteiger partial charge on any atom is -0.465 e. The Balaban J connectivity index is 1.46. The van der Waals surface area contributed by atoms with Crippen molar-refractivity contribution >= 4 is 5.91 Å². The molecule has 0 aliphatic carbocycles. The number of carbonyl (C=O) groups excluding carboxylic acids is 1. The summed E-state index contributed by atoms with van der Waals surface area (Å²) in [5, 5.41) is 3.16. The smallest absolute Gasteiger partial charge is 0.223 e. The molecule has 24 heavy (non-hydrogen) atoms. The quantitative estimate of drug-likeness (QED) is 0.912. The summed E-state index contributed by atoms with van der Waals surface area (Å²) < 4.78 is 5.64. The van der Waals surface area contributed by atoms with Crippen LogP contribution in [0.25, 0.3) is 0 Å². The summed E-state index contributed by atoms with van der Waals surface area (Å²) >= 11 is 0. The molecule has 1 aromatic carbocycles. The number of hydrogen-bond acceptors (Lipinski definition) is 3. The summed E-state index contributed by atoms with van der Waals surface area (Å²) in [7, 11) is 0. The number of hydrogen-bond donors (Lipinski definition) is 1. The molecule has 1 atom stereocenters. The van der Waals surface area contributed by atoms with Gasteiger partial charge >= 0.3 is 0 Å². The Morgan fingerprint density at radius 2 is 1.92 bits per heavy atom. The fraction of sp³-hybridized carbons (Fsp3) is 0.450. The molecule has 3 rings (SSSR count). The van der Waals surface area contributed by atoms with Gasteiger partial charge in [0.1, 0.15) is 11.5 Å². The molecule has 4 nitrogen and oxygen atoms in total. The van der Waals surface area contributed by atoms with Crippen LogP contribution < -0.4 is 5.32 Å². The van der Waals surface area contributed by atoms with Crippen LogP contribution in [0.5, 0.6) is 0 Å². The van der Waals surface area contributed by atoms with Crippen LogP contribution in [0.4, 0.5) is 0 Å². The molecule has 1 amide bonds. The number of benzene rings is 1. The summed E-state index contributed by atoms with van der Waals surface area (Å²) in [6.45, 7) is 6.73. The Labute approximate surface area is 143 Å². The SMILES string of the molecule is Cc1ccc(CN2CCC(C(=O)N[C@@H](C)c3ccccc3)CC2)o1. The normalized spacial score (nSPS) is 17.6. The molecule has 0 bridgehead atoms. The average Bonchev–Trinajstić information content (AvgIpc) is 3.01. The first-order chi connectivity index (χ1) is 11.6. The molecule has 0 spiro atoms. The standard InChI is InChI=1S/C20H26N2O2/c1-15-8-9-19(24-15)14-22-12-10-18(11-13-22)20(23)21-16(2)17-6-4-3-5-7-17/h3-9,16,18H,10-14H2,1-2H3,(H,21,23)/t16-/m0/s1. The monoisotopic (exact) mass is 326 g/mol. The summed E-state index contributed by atoms with van der Waals surface area (Å²) in [6.07, 6.45) is 1.82.